The maximum atomic E-state index is 11.9. The molecule has 4 nitrogen and oxygen atoms in total. The summed E-state index contributed by atoms with van der Waals surface area (Å²) in [6, 6.07) is 7.40. The number of nitrogens with one attached hydrogen (secondary N) is 2. The van der Waals surface area contributed by atoms with Crippen LogP contribution in [0.1, 0.15) is 13.3 Å². The summed E-state index contributed by atoms with van der Waals surface area (Å²) >= 11 is 6.13. The Kier molecular flexibility index (Phi) is 3.78. The highest BCUT2D eigenvalue weighted by atomic mass is 35.5. The third-order valence-electron chi connectivity index (χ3n) is 3.66. The third-order valence-corrected chi connectivity index (χ3v) is 3.99. The van der Waals surface area contributed by atoms with Gasteiger partial charge in [-0.15, -0.1) is 0 Å². The Morgan fingerprint density at radius 3 is 2.89 bits per heavy atom. The van der Waals surface area contributed by atoms with E-state index in [0.29, 0.717) is 11.4 Å². The minimum atomic E-state index is -0.726. The number of nitrogens with two attached hydrogens (primary N) is 1. The van der Waals surface area contributed by atoms with Gasteiger partial charge in [-0.05, 0) is 25.1 Å². The minimum absolute atomic E-state index is 0.111. The number of carbonyl (C=O) groups excluding carboxylic acids is 1. The van der Waals surface area contributed by atoms with Crippen molar-refractivity contribution in [2.45, 2.75) is 18.9 Å². The van der Waals surface area contributed by atoms with Gasteiger partial charge in [0.2, 0.25) is 5.91 Å². The van der Waals surface area contributed by atoms with Crippen LogP contribution in [0, 0.1) is 5.92 Å². The first kappa shape index (κ1) is 13.2. The second kappa shape index (κ2) is 5.16. The van der Waals surface area contributed by atoms with Crippen LogP contribution in [0.2, 0.25) is 5.02 Å². The van der Waals surface area contributed by atoms with Gasteiger partial charge in [0.1, 0.15) is 5.54 Å². The molecule has 1 aromatic rings. The Bertz CT molecular complexity index is 452. The zero-order chi connectivity index (χ0) is 13.2. The monoisotopic (exact) mass is 267 g/mol. The standard InChI is InChI=1S/C13H18ClN3O/c1-9-8-16-7-6-13(9,12(15)18)17-11-5-3-2-4-10(11)14/h2-5,9,16-17H,6-8H2,1H3,(H2,15,18). The molecule has 1 aromatic carbocycles. The zero-order valence-electron chi connectivity index (χ0n) is 10.4. The van der Waals surface area contributed by atoms with Gasteiger partial charge in [-0.2, -0.15) is 0 Å². The summed E-state index contributed by atoms with van der Waals surface area (Å²) in [5, 5.41) is 7.13. The van der Waals surface area contributed by atoms with Crippen LogP contribution >= 0.6 is 11.6 Å². The quantitative estimate of drug-likeness (QED) is 0.779. The van der Waals surface area contributed by atoms with E-state index in [0.717, 1.165) is 18.8 Å². The summed E-state index contributed by atoms with van der Waals surface area (Å²) < 4.78 is 0. The largest absolute Gasteiger partial charge is 0.370 e. The first-order chi connectivity index (χ1) is 8.56. The van der Waals surface area contributed by atoms with Gasteiger partial charge in [0.25, 0.3) is 0 Å². The molecule has 1 aliphatic rings. The molecule has 98 valence electrons. The van der Waals surface area contributed by atoms with Gasteiger partial charge < -0.3 is 16.4 Å². The van der Waals surface area contributed by atoms with Gasteiger partial charge in [0.15, 0.2) is 0 Å². The van der Waals surface area contributed by atoms with Crippen LogP contribution in [0.4, 0.5) is 5.69 Å². The molecule has 0 bridgehead atoms. The van der Waals surface area contributed by atoms with Gasteiger partial charge in [0.05, 0.1) is 10.7 Å². The van der Waals surface area contributed by atoms with Crippen LogP contribution in [-0.4, -0.2) is 24.5 Å². The molecule has 4 N–H and O–H groups in total. The molecule has 0 radical (unpaired) electrons. The van der Waals surface area contributed by atoms with Crippen LogP contribution in [0.5, 0.6) is 0 Å². The highest BCUT2D eigenvalue weighted by molar-refractivity contribution is 6.33. The van der Waals surface area contributed by atoms with Crippen LogP contribution in [0.3, 0.4) is 0 Å². The second-order valence-electron chi connectivity index (χ2n) is 4.80. The molecule has 0 aromatic heterocycles. The van der Waals surface area contributed by atoms with Gasteiger partial charge in [-0.25, -0.2) is 0 Å². The molecule has 2 rings (SSSR count). The molecule has 2 atom stereocenters. The van der Waals surface area contributed by atoms with Crippen molar-refractivity contribution >= 4 is 23.2 Å². The van der Waals surface area contributed by atoms with Crippen molar-refractivity contribution in [3.8, 4) is 0 Å². The summed E-state index contributed by atoms with van der Waals surface area (Å²) in [6.45, 7) is 3.55. The van der Waals surface area contributed by atoms with E-state index in [1.165, 1.54) is 0 Å². The number of anilines is 1. The number of carbonyl (C=O) groups is 1. The van der Waals surface area contributed by atoms with Crippen molar-refractivity contribution < 1.29 is 4.79 Å². The van der Waals surface area contributed by atoms with Crippen molar-refractivity contribution in [1.82, 2.24) is 5.32 Å². The van der Waals surface area contributed by atoms with Crippen LogP contribution in [-0.2, 0) is 4.79 Å². The number of halogens is 1. The number of para-hydroxylation sites is 1. The van der Waals surface area contributed by atoms with Crippen molar-refractivity contribution in [3.05, 3.63) is 29.3 Å². The smallest absolute Gasteiger partial charge is 0.243 e. The van der Waals surface area contributed by atoms with Crippen molar-refractivity contribution in [1.29, 1.82) is 0 Å². The molecule has 0 saturated carbocycles. The maximum absolute atomic E-state index is 11.9. The van der Waals surface area contributed by atoms with Gasteiger partial charge in [0, 0.05) is 12.5 Å². The van der Waals surface area contributed by atoms with Gasteiger partial charge in [-0.1, -0.05) is 30.7 Å². The zero-order valence-corrected chi connectivity index (χ0v) is 11.1. The molecule has 2 unspecified atom stereocenters. The predicted octanol–water partition coefficient (Wildman–Crippen LogP) is 1.61. The molecule has 18 heavy (non-hydrogen) atoms. The lowest BCUT2D eigenvalue weighted by Crippen LogP contribution is -2.61. The Balaban J connectivity index is 2.32. The minimum Gasteiger partial charge on any atom is -0.370 e. The van der Waals surface area contributed by atoms with E-state index in [4.69, 9.17) is 17.3 Å². The molecule has 5 heteroatoms. The lowest BCUT2D eigenvalue weighted by molar-refractivity contribution is -0.124. The lowest BCUT2D eigenvalue weighted by atomic mass is 9.78. The average molecular weight is 268 g/mol. The lowest BCUT2D eigenvalue weighted by Gasteiger charge is -2.41. The average Bonchev–Trinajstić information content (AvgIpc) is 2.34. The molecule has 1 fully saturated rings. The Morgan fingerprint density at radius 2 is 2.28 bits per heavy atom. The number of primary amides is 1. The molecule has 1 heterocycles. The fourth-order valence-electron chi connectivity index (χ4n) is 2.44. The molecule has 1 saturated heterocycles. The van der Waals surface area contributed by atoms with E-state index >= 15 is 0 Å². The van der Waals surface area contributed by atoms with E-state index in [1.807, 2.05) is 25.1 Å². The Hall–Kier alpha value is -1.26. The summed E-state index contributed by atoms with van der Waals surface area (Å²) in [4.78, 5) is 11.9. The van der Waals surface area contributed by atoms with E-state index in [1.54, 1.807) is 6.07 Å². The number of hydrogen-bond acceptors (Lipinski definition) is 3. The molecule has 1 aliphatic heterocycles. The number of hydrogen-bond donors (Lipinski definition) is 3. The van der Waals surface area contributed by atoms with E-state index in [9.17, 15) is 4.79 Å². The van der Waals surface area contributed by atoms with Crippen LogP contribution < -0.4 is 16.4 Å². The van der Waals surface area contributed by atoms with Crippen LogP contribution in [0.25, 0.3) is 0 Å². The molecule has 0 aliphatic carbocycles. The van der Waals surface area contributed by atoms with Crippen LogP contribution in [0.15, 0.2) is 24.3 Å². The fourth-order valence-corrected chi connectivity index (χ4v) is 2.62. The van der Waals surface area contributed by atoms with E-state index < -0.39 is 5.54 Å². The van der Waals surface area contributed by atoms with Gasteiger partial charge in [-0.3, -0.25) is 4.79 Å². The molecular weight excluding hydrogens is 250 g/mol. The SMILES string of the molecule is CC1CNCCC1(Nc1ccccc1Cl)C(N)=O. The fraction of sp³-hybridized carbons (Fsp3) is 0.462. The van der Waals surface area contributed by atoms with Crippen molar-refractivity contribution in [3.63, 3.8) is 0 Å². The first-order valence-electron chi connectivity index (χ1n) is 6.09. The van der Waals surface area contributed by atoms with E-state index in [2.05, 4.69) is 10.6 Å². The summed E-state index contributed by atoms with van der Waals surface area (Å²) in [5.74, 6) is -0.212. The summed E-state index contributed by atoms with van der Waals surface area (Å²) in [7, 11) is 0. The highest BCUT2D eigenvalue weighted by Crippen LogP contribution is 2.31. The molecular formula is C13H18ClN3O. The molecule has 0 spiro atoms. The number of piperidine rings is 1. The topological polar surface area (TPSA) is 67.2 Å². The van der Waals surface area contributed by atoms with Crippen molar-refractivity contribution in [2.75, 3.05) is 18.4 Å². The summed E-state index contributed by atoms with van der Waals surface area (Å²) in [5.41, 5.74) is 5.65. The first-order valence-corrected chi connectivity index (χ1v) is 6.47. The Morgan fingerprint density at radius 1 is 1.56 bits per heavy atom. The maximum Gasteiger partial charge on any atom is 0.243 e. The summed E-state index contributed by atoms with van der Waals surface area (Å²) in [6.07, 6.45) is 0.661. The van der Waals surface area contributed by atoms with Gasteiger partial charge >= 0.3 is 0 Å². The second-order valence-corrected chi connectivity index (χ2v) is 5.20. The Labute approximate surface area is 112 Å². The van der Waals surface area contributed by atoms with Crippen molar-refractivity contribution in [2.24, 2.45) is 11.7 Å². The molecule has 1 amide bonds. The number of benzene rings is 1. The normalized spacial score (nSPS) is 27.8. The highest BCUT2D eigenvalue weighted by Gasteiger charge is 2.43. The number of rotatable bonds is 3. The number of amides is 1. The van der Waals surface area contributed by atoms with E-state index in [-0.39, 0.29) is 11.8 Å². The third kappa shape index (κ3) is 2.31. The predicted molar refractivity (Wildman–Crippen MR) is 73.7 cm³/mol.